The summed E-state index contributed by atoms with van der Waals surface area (Å²) in [5.41, 5.74) is 0. The van der Waals surface area contributed by atoms with Crippen molar-refractivity contribution in [3.05, 3.63) is 0 Å². The fourth-order valence-corrected chi connectivity index (χ4v) is 5.77. The fraction of sp³-hybridized carbons (Fsp3) is 1.00. The lowest BCUT2D eigenvalue weighted by Gasteiger charge is -2.31. The van der Waals surface area contributed by atoms with Crippen LogP contribution in [0.2, 0.25) is 0 Å². The van der Waals surface area contributed by atoms with E-state index < -0.39 is 0 Å². The van der Waals surface area contributed by atoms with Gasteiger partial charge in [-0.1, -0.05) is 19.8 Å². The molecule has 5 atom stereocenters. The van der Waals surface area contributed by atoms with E-state index in [2.05, 4.69) is 29.3 Å². The van der Waals surface area contributed by atoms with Crippen LogP contribution in [0.3, 0.4) is 0 Å². The van der Waals surface area contributed by atoms with Gasteiger partial charge >= 0.3 is 0 Å². The molecule has 0 aromatic heterocycles. The Balaban J connectivity index is 1.55. The van der Waals surface area contributed by atoms with E-state index in [9.17, 15) is 0 Å². The molecule has 3 rings (SSSR count). The van der Waals surface area contributed by atoms with Crippen LogP contribution in [0.25, 0.3) is 0 Å². The highest BCUT2D eigenvalue weighted by atomic mass is 32.2. The molecular weight excluding hydrogens is 252 g/mol. The van der Waals surface area contributed by atoms with Crippen LogP contribution in [0.15, 0.2) is 0 Å². The first-order chi connectivity index (χ1) is 9.38. The van der Waals surface area contributed by atoms with Crippen LogP contribution in [0.4, 0.5) is 0 Å². The van der Waals surface area contributed by atoms with Crippen molar-refractivity contribution >= 4 is 11.8 Å². The Labute approximate surface area is 122 Å². The van der Waals surface area contributed by atoms with Crippen molar-refractivity contribution in [3.8, 4) is 0 Å². The first kappa shape index (κ1) is 14.2. The molecule has 19 heavy (non-hydrogen) atoms. The summed E-state index contributed by atoms with van der Waals surface area (Å²) in [7, 11) is 0. The zero-order chi connectivity index (χ0) is 13.1. The zero-order valence-electron chi connectivity index (χ0n) is 12.4. The topological polar surface area (TPSA) is 24.1 Å². The maximum Gasteiger partial charge on any atom is 0.0201 e. The molecule has 0 spiro atoms. The van der Waals surface area contributed by atoms with Crippen LogP contribution in [0.1, 0.15) is 58.3 Å². The van der Waals surface area contributed by atoms with Gasteiger partial charge in [-0.15, -0.1) is 0 Å². The number of rotatable bonds is 5. The van der Waals surface area contributed by atoms with Crippen molar-refractivity contribution < 1.29 is 0 Å². The maximum atomic E-state index is 4.08. The molecule has 110 valence electrons. The number of hydrogen-bond acceptors (Lipinski definition) is 3. The Morgan fingerprint density at radius 2 is 1.84 bits per heavy atom. The second kappa shape index (κ2) is 6.82. The van der Waals surface area contributed by atoms with Crippen LogP contribution in [0.5, 0.6) is 0 Å². The van der Waals surface area contributed by atoms with Crippen molar-refractivity contribution in [1.29, 1.82) is 0 Å². The van der Waals surface area contributed by atoms with Gasteiger partial charge in [-0.3, -0.25) is 0 Å². The molecule has 1 saturated heterocycles. The molecule has 0 aromatic carbocycles. The van der Waals surface area contributed by atoms with Crippen molar-refractivity contribution in [2.45, 2.75) is 81.7 Å². The Morgan fingerprint density at radius 3 is 2.63 bits per heavy atom. The van der Waals surface area contributed by atoms with Crippen LogP contribution in [-0.4, -0.2) is 35.7 Å². The highest BCUT2D eigenvalue weighted by Gasteiger charge is 2.37. The fourth-order valence-electron chi connectivity index (χ4n) is 4.56. The largest absolute Gasteiger partial charge is 0.314 e. The standard InChI is InChI=1S/C16H30N2S/c1-2-19-16-10-4-8-15(16)18-14-7-3-6-12(14)13-9-5-11-17-13/h12-18H,2-11H2,1H3. The van der Waals surface area contributed by atoms with Crippen LogP contribution in [0, 0.1) is 5.92 Å². The molecule has 0 amide bonds. The first-order valence-corrected chi connectivity index (χ1v) is 9.54. The van der Waals surface area contributed by atoms with Gasteiger partial charge < -0.3 is 10.6 Å². The van der Waals surface area contributed by atoms with Crippen LogP contribution >= 0.6 is 11.8 Å². The predicted octanol–water partition coefficient (Wildman–Crippen LogP) is 3.17. The molecule has 3 aliphatic rings. The summed E-state index contributed by atoms with van der Waals surface area (Å²) in [6.45, 7) is 3.56. The quantitative estimate of drug-likeness (QED) is 0.810. The normalized spacial score (nSPS) is 43.1. The summed E-state index contributed by atoms with van der Waals surface area (Å²) in [5.74, 6) is 2.19. The molecule has 2 N–H and O–H groups in total. The average Bonchev–Trinajstić information content (AvgIpc) is 3.12. The molecule has 2 nitrogen and oxygen atoms in total. The lowest BCUT2D eigenvalue weighted by Crippen LogP contribution is -2.47. The third-order valence-corrected chi connectivity index (χ3v) is 6.77. The summed E-state index contributed by atoms with van der Waals surface area (Å²) in [6.07, 6.45) is 11.4. The minimum atomic E-state index is 0.803. The molecule has 5 unspecified atom stereocenters. The molecule has 0 aromatic rings. The zero-order valence-corrected chi connectivity index (χ0v) is 13.2. The Hall–Kier alpha value is 0.270. The molecular formula is C16H30N2S. The van der Waals surface area contributed by atoms with Crippen molar-refractivity contribution in [3.63, 3.8) is 0 Å². The summed E-state index contributed by atoms with van der Waals surface area (Å²) in [4.78, 5) is 0. The van der Waals surface area contributed by atoms with E-state index in [-0.39, 0.29) is 0 Å². The van der Waals surface area contributed by atoms with Gasteiger partial charge in [0.25, 0.3) is 0 Å². The summed E-state index contributed by atoms with van der Waals surface area (Å²) < 4.78 is 0. The van der Waals surface area contributed by atoms with E-state index in [1.54, 1.807) is 0 Å². The average molecular weight is 282 g/mol. The number of nitrogens with one attached hydrogen (secondary N) is 2. The van der Waals surface area contributed by atoms with E-state index >= 15 is 0 Å². The van der Waals surface area contributed by atoms with Crippen LogP contribution in [-0.2, 0) is 0 Å². The van der Waals surface area contributed by atoms with Crippen molar-refractivity contribution in [2.24, 2.45) is 5.92 Å². The van der Waals surface area contributed by atoms with E-state index in [0.717, 1.165) is 29.3 Å². The van der Waals surface area contributed by atoms with Gasteiger partial charge in [0.2, 0.25) is 0 Å². The summed E-state index contributed by atoms with van der Waals surface area (Å²) in [6, 6.07) is 2.43. The molecule has 0 radical (unpaired) electrons. The Kier molecular flexibility index (Phi) is 5.10. The van der Waals surface area contributed by atoms with Crippen molar-refractivity contribution in [1.82, 2.24) is 10.6 Å². The molecule has 2 saturated carbocycles. The summed E-state index contributed by atoms with van der Waals surface area (Å²) in [5, 5.41) is 8.71. The molecule has 1 aliphatic heterocycles. The van der Waals surface area contributed by atoms with Gasteiger partial charge in [0.1, 0.15) is 0 Å². The highest BCUT2D eigenvalue weighted by molar-refractivity contribution is 7.99. The van der Waals surface area contributed by atoms with E-state index in [1.165, 1.54) is 63.7 Å². The molecule has 1 heterocycles. The van der Waals surface area contributed by atoms with Crippen molar-refractivity contribution in [2.75, 3.05) is 12.3 Å². The molecule has 3 heteroatoms. The third kappa shape index (κ3) is 3.30. The van der Waals surface area contributed by atoms with Gasteiger partial charge in [0.05, 0.1) is 0 Å². The predicted molar refractivity (Wildman–Crippen MR) is 84.8 cm³/mol. The van der Waals surface area contributed by atoms with Gasteiger partial charge in [-0.25, -0.2) is 0 Å². The smallest absolute Gasteiger partial charge is 0.0201 e. The molecule has 0 bridgehead atoms. The van der Waals surface area contributed by atoms with E-state index in [0.29, 0.717) is 0 Å². The third-order valence-electron chi connectivity index (χ3n) is 5.45. The SMILES string of the molecule is CCSC1CCCC1NC1CCCC1C1CCCN1. The van der Waals surface area contributed by atoms with Gasteiger partial charge in [-0.2, -0.15) is 11.8 Å². The Morgan fingerprint density at radius 1 is 1.00 bits per heavy atom. The second-order valence-corrected chi connectivity index (χ2v) is 8.12. The lowest BCUT2D eigenvalue weighted by atomic mass is 9.92. The minimum Gasteiger partial charge on any atom is -0.314 e. The summed E-state index contributed by atoms with van der Waals surface area (Å²) >= 11 is 2.19. The second-order valence-electron chi connectivity index (χ2n) is 6.60. The number of thioether (sulfide) groups is 1. The minimum absolute atomic E-state index is 0.803. The molecule has 3 fully saturated rings. The maximum absolute atomic E-state index is 4.08. The van der Waals surface area contributed by atoms with E-state index in [1.807, 2.05) is 0 Å². The lowest BCUT2D eigenvalue weighted by molar-refractivity contribution is 0.299. The Bertz CT molecular complexity index is 278. The van der Waals surface area contributed by atoms with Gasteiger partial charge in [-0.05, 0) is 56.7 Å². The highest BCUT2D eigenvalue weighted by Crippen LogP contribution is 2.35. The first-order valence-electron chi connectivity index (χ1n) is 8.49. The number of hydrogen-bond donors (Lipinski definition) is 2. The molecule has 2 aliphatic carbocycles. The van der Waals surface area contributed by atoms with E-state index in [4.69, 9.17) is 0 Å². The van der Waals surface area contributed by atoms with Gasteiger partial charge in [0, 0.05) is 23.4 Å². The van der Waals surface area contributed by atoms with Gasteiger partial charge in [0.15, 0.2) is 0 Å². The monoisotopic (exact) mass is 282 g/mol. The van der Waals surface area contributed by atoms with Crippen LogP contribution < -0.4 is 10.6 Å².